The van der Waals surface area contributed by atoms with Crippen LogP contribution in [0.5, 0.6) is 0 Å². The van der Waals surface area contributed by atoms with E-state index in [1.165, 1.54) is 15.9 Å². The number of nitrogens with zero attached hydrogens (tertiary/aromatic N) is 2. The zero-order valence-electron chi connectivity index (χ0n) is 19.1. The minimum absolute atomic E-state index is 0.00838. The topological polar surface area (TPSA) is 57.7 Å². The summed E-state index contributed by atoms with van der Waals surface area (Å²) in [6.07, 6.45) is 0. The van der Waals surface area contributed by atoms with Crippen molar-refractivity contribution in [3.8, 4) is 0 Å². The van der Waals surface area contributed by atoms with Gasteiger partial charge >= 0.3 is 0 Å². The Morgan fingerprint density at radius 1 is 0.917 bits per heavy atom. The Hall–Kier alpha value is -3.19. The molecule has 0 radical (unpaired) electrons. The summed E-state index contributed by atoms with van der Waals surface area (Å²) in [6.45, 7) is 2.02. The quantitative estimate of drug-likeness (QED) is 0.235. The Labute approximate surface area is 226 Å². The molecule has 3 amide bonds. The molecule has 1 aliphatic rings. The molecule has 0 saturated carbocycles. The lowest BCUT2D eigenvalue weighted by Gasteiger charge is -2.30. The number of carbonyl (C=O) groups excluding carboxylic acids is 3. The number of carbonyl (C=O) groups is 3. The van der Waals surface area contributed by atoms with E-state index in [2.05, 4.69) is 15.9 Å². The van der Waals surface area contributed by atoms with E-state index in [1.54, 1.807) is 36.4 Å². The van der Waals surface area contributed by atoms with Gasteiger partial charge < -0.3 is 4.90 Å². The van der Waals surface area contributed by atoms with Crippen LogP contribution >= 0.6 is 39.1 Å². The van der Waals surface area contributed by atoms with Crippen LogP contribution in [0.3, 0.4) is 0 Å². The highest BCUT2D eigenvalue weighted by molar-refractivity contribution is 9.10. The number of rotatable bonds is 5. The Balaban J connectivity index is 1.50. The maximum Gasteiger partial charge on any atom is 0.261 e. The summed E-state index contributed by atoms with van der Waals surface area (Å²) in [5.74, 6) is -1.14. The van der Waals surface area contributed by atoms with Gasteiger partial charge in [0.2, 0.25) is 0 Å². The first kappa shape index (κ1) is 24.5. The fourth-order valence-electron chi connectivity index (χ4n) is 4.47. The molecular formula is C28H19BrCl2N2O3. The van der Waals surface area contributed by atoms with E-state index in [4.69, 9.17) is 23.2 Å². The molecule has 4 aromatic rings. The van der Waals surface area contributed by atoms with Crippen LogP contribution < -0.4 is 4.90 Å². The van der Waals surface area contributed by atoms with Crippen LogP contribution in [0.25, 0.3) is 10.8 Å². The fourth-order valence-corrected chi connectivity index (χ4v) is 5.42. The zero-order valence-corrected chi connectivity index (χ0v) is 22.2. The number of hydrogen-bond acceptors (Lipinski definition) is 3. The summed E-state index contributed by atoms with van der Waals surface area (Å²) in [6, 6.07) is 21.0. The molecule has 0 fully saturated rings. The molecule has 8 heteroatoms. The maximum absolute atomic E-state index is 13.6. The van der Waals surface area contributed by atoms with Crippen LogP contribution in [0, 0.1) is 6.92 Å². The van der Waals surface area contributed by atoms with Crippen molar-refractivity contribution < 1.29 is 14.4 Å². The predicted octanol–water partition coefficient (Wildman–Crippen LogP) is 7.16. The monoisotopic (exact) mass is 580 g/mol. The number of halogens is 3. The predicted molar refractivity (Wildman–Crippen MR) is 146 cm³/mol. The van der Waals surface area contributed by atoms with Gasteiger partial charge in [-0.2, -0.15) is 0 Å². The van der Waals surface area contributed by atoms with E-state index in [1.807, 2.05) is 37.3 Å². The Bertz CT molecular complexity index is 1550. The molecule has 4 aromatic carbocycles. The minimum atomic E-state index is -0.391. The largest absolute Gasteiger partial charge is 0.307 e. The van der Waals surface area contributed by atoms with Gasteiger partial charge in [0.05, 0.1) is 10.6 Å². The van der Waals surface area contributed by atoms with Gasteiger partial charge in [0, 0.05) is 44.8 Å². The number of anilines is 1. The van der Waals surface area contributed by atoms with E-state index in [-0.39, 0.29) is 29.6 Å². The van der Waals surface area contributed by atoms with Gasteiger partial charge in [0.1, 0.15) is 0 Å². The van der Waals surface area contributed by atoms with Crippen LogP contribution in [0.2, 0.25) is 10.0 Å². The highest BCUT2D eigenvalue weighted by atomic mass is 79.9. The van der Waals surface area contributed by atoms with Crippen LogP contribution in [-0.2, 0) is 0 Å². The van der Waals surface area contributed by atoms with Crippen molar-refractivity contribution in [2.45, 2.75) is 6.92 Å². The molecule has 1 aliphatic heterocycles. The second kappa shape index (κ2) is 9.69. The van der Waals surface area contributed by atoms with Crippen molar-refractivity contribution in [2.75, 3.05) is 18.0 Å². The summed E-state index contributed by atoms with van der Waals surface area (Å²) in [5.41, 5.74) is 2.78. The summed E-state index contributed by atoms with van der Waals surface area (Å²) < 4.78 is 0.813. The van der Waals surface area contributed by atoms with Crippen molar-refractivity contribution in [3.05, 3.63) is 110 Å². The third-order valence-corrected chi connectivity index (χ3v) is 7.45. The molecular weight excluding hydrogens is 563 g/mol. The number of benzene rings is 4. The standard InChI is InChI=1S/C28H19BrCl2N2O3/c1-16-4-2-5-18(14-16)32(26(34)20-9-8-17(30)15-24(20)31)12-13-33-27(35)21-7-3-6-19-23(29)11-10-22(25(19)21)28(33)36/h2-11,14-15H,12-13H2,1H3. The van der Waals surface area contributed by atoms with Crippen molar-refractivity contribution in [1.82, 2.24) is 4.90 Å². The third kappa shape index (κ3) is 4.30. The van der Waals surface area contributed by atoms with Crippen LogP contribution in [0.1, 0.15) is 36.6 Å². The van der Waals surface area contributed by atoms with Gasteiger partial charge in [0.25, 0.3) is 17.7 Å². The molecule has 0 aliphatic carbocycles. The molecule has 0 bridgehead atoms. The lowest BCUT2D eigenvalue weighted by atomic mass is 9.94. The van der Waals surface area contributed by atoms with E-state index in [9.17, 15) is 14.4 Å². The zero-order chi connectivity index (χ0) is 25.6. The normalized spacial score (nSPS) is 12.8. The molecule has 0 N–H and O–H groups in total. The highest BCUT2D eigenvalue weighted by Crippen LogP contribution is 2.34. The van der Waals surface area contributed by atoms with Gasteiger partial charge in [-0.15, -0.1) is 0 Å². The molecule has 0 saturated heterocycles. The maximum atomic E-state index is 13.6. The number of amides is 3. The molecule has 0 aromatic heterocycles. The minimum Gasteiger partial charge on any atom is -0.307 e. The van der Waals surface area contributed by atoms with Crippen molar-refractivity contribution in [3.63, 3.8) is 0 Å². The summed E-state index contributed by atoms with van der Waals surface area (Å²) in [4.78, 5) is 43.2. The average Bonchev–Trinajstić information content (AvgIpc) is 2.85. The molecule has 5 nitrogen and oxygen atoms in total. The van der Waals surface area contributed by atoms with Gasteiger partial charge in [-0.25, -0.2) is 0 Å². The number of hydrogen-bond donors (Lipinski definition) is 0. The first-order valence-electron chi connectivity index (χ1n) is 11.2. The van der Waals surface area contributed by atoms with Crippen LogP contribution in [-0.4, -0.2) is 35.7 Å². The van der Waals surface area contributed by atoms with Crippen LogP contribution in [0.15, 0.2) is 77.3 Å². The van der Waals surface area contributed by atoms with Crippen molar-refractivity contribution in [2.24, 2.45) is 0 Å². The number of imide groups is 1. The third-order valence-electron chi connectivity index (χ3n) is 6.21. The second-order valence-electron chi connectivity index (χ2n) is 8.50. The Morgan fingerprint density at radius 3 is 2.36 bits per heavy atom. The van der Waals surface area contributed by atoms with Gasteiger partial charge in [-0.3, -0.25) is 19.3 Å². The summed E-state index contributed by atoms with van der Waals surface area (Å²) in [7, 11) is 0. The molecule has 1 heterocycles. The smallest absolute Gasteiger partial charge is 0.261 e. The van der Waals surface area contributed by atoms with E-state index in [0.717, 1.165) is 15.4 Å². The molecule has 36 heavy (non-hydrogen) atoms. The Morgan fingerprint density at radius 2 is 1.64 bits per heavy atom. The Kier molecular flexibility index (Phi) is 6.60. The second-order valence-corrected chi connectivity index (χ2v) is 10.2. The number of aryl methyl sites for hydroxylation is 1. The van der Waals surface area contributed by atoms with E-state index >= 15 is 0 Å². The first-order chi connectivity index (χ1) is 17.3. The van der Waals surface area contributed by atoms with Crippen LogP contribution in [0.4, 0.5) is 5.69 Å². The molecule has 180 valence electrons. The summed E-state index contributed by atoms with van der Waals surface area (Å²) in [5, 5.41) is 2.09. The van der Waals surface area contributed by atoms with Gasteiger partial charge in [-0.1, -0.05) is 63.4 Å². The average molecular weight is 582 g/mol. The first-order valence-corrected chi connectivity index (χ1v) is 12.7. The molecule has 0 spiro atoms. The SMILES string of the molecule is Cc1cccc(N(CCN2C(=O)c3cccc4c(Br)ccc(c34)C2=O)C(=O)c2ccc(Cl)cc2Cl)c1. The van der Waals surface area contributed by atoms with Gasteiger partial charge in [-0.05, 0) is 66.4 Å². The van der Waals surface area contributed by atoms with E-state index in [0.29, 0.717) is 27.2 Å². The van der Waals surface area contributed by atoms with Crippen molar-refractivity contribution in [1.29, 1.82) is 0 Å². The van der Waals surface area contributed by atoms with E-state index < -0.39 is 11.8 Å². The van der Waals surface area contributed by atoms with Gasteiger partial charge in [0.15, 0.2) is 0 Å². The lowest BCUT2D eigenvalue weighted by molar-refractivity contribution is 0.0611. The summed E-state index contributed by atoms with van der Waals surface area (Å²) >= 11 is 15.9. The molecule has 0 unspecified atom stereocenters. The highest BCUT2D eigenvalue weighted by Gasteiger charge is 2.34. The molecule has 0 atom stereocenters. The lowest BCUT2D eigenvalue weighted by Crippen LogP contribution is -2.46. The molecule has 5 rings (SSSR count). The fraction of sp³-hybridized carbons (Fsp3) is 0.107. The van der Waals surface area contributed by atoms with Crippen molar-refractivity contribution >= 4 is 73.3 Å².